The molecule has 0 saturated heterocycles. The van der Waals surface area contributed by atoms with Gasteiger partial charge in [-0.2, -0.15) is 4.98 Å². The number of nitrogens with one attached hydrogen (secondary N) is 1. The van der Waals surface area contributed by atoms with Crippen molar-refractivity contribution >= 4 is 11.8 Å². The molecule has 0 fully saturated rings. The Morgan fingerprint density at radius 1 is 1.29 bits per heavy atom. The minimum Gasteiger partial charge on any atom is -0.339 e. The summed E-state index contributed by atoms with van der Waals surface area (Å²) < 4.78 is 5.22. The lowest BCUT2D eigenvalue weighted by molar-refractivity contribution is 0.362. The van der Waals surface area contributed by atoms with Gasteiger partial charge in [-0.05, 0) is 31.2 Å². The molecule has 1 aromatic heterocycles. The first-order valence-corrected chi connectivity index (χ1v) is 8.37. The molecule has 1 unspecified atom stereocenters. The molecule has 1 heterocycles. The van der Waals surface area contributed by atoms with Crippen molar-refractivity contribution in [2.75, 3.05) is 6.54 Å². The van der Waals surface area contributed by atoms with Crippen LogP contribution in [0.15, 0.2) is 33.7 Å². The van der Waals surface area contributed by atoms with Crippen LogP contribution in [-0.2, 0) is 5.75 Å². The summed E-state index contributed by atoms with van der Waals surface area (Å²) in [5.41, 5.74) is 1.30. The zero-order chi connectivity index (χ0) is 15.2. The van der Waals surface area contributed by atoms with E-state index < -0.39 is 0 Å². The predicted octanol–water partition coefficient (Wildman–Crippen LogP) is 4.16. The van der Waals surface area contributed by atoms with Gasteiger partial charge in [-0.25, -0.2) is 0 Å². The number of aromatic nitrogens is 2. The third kappa shape index (κ3) is 4.58. The lowest BCUT2D eigenvalue weighted by Crippen LogP contribution is -2.17. The summed E-state index contributed by atoms with van der Waals surface area (Å²) in [4.78, 5) is 5.63. The standard InChI is InChI=1S/C16H23N3OS/c1-5-17-12(4)13-7-6-8-14(9-13)21-10-15-18-16(11(2)3)20-19-15/h6-9,11-12,17H,5,10H2,1-4H3. The molecule has 0 aliphatic heterocycles. The molecule has 0 aliphatic carbocycles. The van der Waals surface area contributed by atoms with Gasteiger partial charge in [0, 0.05) is 16.9 Å². The van der Waals surface area contributed by atoms with E-state index in [0.29, 0.717) is 11.9 Å². The van der Waals surface area contributed by atoms with Crippen molar-refractivity contribution in [3.8, 4) is 0 Å². The van der Waals surface area contributed by atoms with Gasteiger partial charge in [-0.15, -0.1) is 11.8 Å². The molecule has 114 valence electrons. The zero-order valence-electron chi connectivity index (χ0n) is 13.1. The molecule has 2 rings (SSSR count). The average Bonchev–Trinajstić information content (AvgIpc) is 2.95. The summed E-state index contributed by atoms with van der Waals surface area (Å²) in [5, 5.41) is 7.45. The van der Waals surface area contributed by atoms with Crippen molar-refractivity contribution in [2.45, 2.75) is 50.3 Å². The van der Waals surface area contributed by atoms with Crippen molar-refractivity contribution in [1.82, 2.24) is 15.5 Å². The monoisotopic (exact) mass is 305 g/mol. The summed E-state index contributed by atoms with van der Waals surface area (Å²) in [5.74, 6) is 2.48. The van der Waals surface area contributed by atoms with E-state index in [4.69, 9.17) is 4.52 Å². The third-order valence-electron chi connectivity index (χ3n) is 3.21. The molecule has 1 N–H and O–H groups in total. The molecular formula is C16H23N3OS. The highest BCUT2D eigenvalue weighted by Crippen LogP contribution is 2.25. The van der Waals surface area contributed by atoms with Gasteiger partial charge >= 0.3 is 0 Å². The summed E-state index contributed by atoms with van der Waals surface area (Å²) in [7, 11) is 0. The molecule has 1 aromatic carbocycles. The second-order valence-corrected chi connectivity index (χ2v) is 6.39. The van der Waals surface area contributed by atoms with E-state index in [1.165, 1.54) is 10.5 Å². The lowest BCUT2D eigenvalue weighted by atomic mass is 10.1. The fourth-order valence-electron chi connectivity index (χ4n) is 2.01. The Labute approximate surface area is 130 Å². The minimum absolute atomic E-state index is 0.278. The molecule has 0 aliphatic rings. The first kappa shape index (κ1) is 16.0. The van der Waals surface area contributed by atoms with Gasteiger partial charge in [0.1, 0.15) is 0 Å². The maximum Gasteiger partial charge on any atom is 0.229 e. The number of hydrogen-bond acceptors (Lipinski definition) is 5. The SMILES string of the molecule is CCNC(C)c1cccc(SCc2noc(C(C)C)n2)c1. The first-order chi connectivity index (χ1) is 10.1. The van der Waals surface area contributed by atoms with Gasteiger partial charge in [-0.1, -0.05) is 38.1 Å². The quantitative estimate of drug-likeness (QED) is 0.779. The van der Waals surface area contributed by atoms with Crippen LogP contribution in [0.3, 0.4) is 0 Å². The van der Waals surface area contributed by atoms with Crippen molar-refractivity contribution in [3.63, 3.8) is 0 Å². The number of thioether (sulfide) groups is 1. The van der Waals surface area contributed by atoms with Crippen LogP contribution in [0.5, 0.6) is 0 Å². The highest BCUT2D eigenvalue weighted by atomic mass is 32.2. The Balaban J connectivity index is 1.97. The Morgan fingerprint density at radius 3 is 2.76 bits per heavy atom. The smallest absolute Gasteiger partial charge is 0.229 e. The van der Waals surface area contributed by atoms with Crippen LogP contribution in [-0.4, -0.2) is 16.7 Å². The van der Waals surface area contributed by atoms with E-state index in [2.05, 4.69) is 67.4 Å². The maximum absolute atomic E-state index is 5.22. The van der Waals surface area contributed by atoms with Gasteiger partial charge < -0.3 is 9.84 Å². The van der Waals surface area contributed by atoms with Gasteiger partial charge in [0.2, 0.25) is 5.89 Å². The second-order valence-electron chi connectivity index (χ2n) is 5.34. The van der Waals surface area contributed by atoms with Crippen LogP contribution in [0, 0.1) is 0 Å². The Morgan fingerprint density at radius 2 is 2.10 bits per heavy atom. The zero-order valence-corrected chi connectivity index (χ0v) is 13.9. The van der Waals surface area contributed by atoms with Crippen LogP contribution >= 0.6 is 11.8 Å². The van der Waals surface area contributed by atoms with Gasteiger partial charge in [0.25, 0.3) is 0 Å². The van der Waals surface area contributed by atoms with Crippen molar-refractivity contribution in [3.05, 3.63) is 41.5 Å². The van der Waals surface area contributed by atoms with E-state index in [1.54, 1.807) is 11.8 Å². The van der Waals surface area contributed by atoms with Crippen LogP contribution in [0.2, 0.25) is 0 Å². The number of rotatable bonds is 7. The lowest BCUT2D eigenvalue weighted by Gasteiger charge is -2.13. The topological polar surface area (TPSA) is 51.0 Å². The average molecular weight is 305 g/mol. The molecule has 0 bridgehead atoms. The molecule has 4 nitrogen and oxygen atoms in total. The Kier molecular flexibility index (Phi) is 5.82. The fraction of sp³-hybridized carbons (Fsp3) is 0.500. The summed E-state index contributed by atoms with van der Waals surface area (Å²) in [6, 6.07) is 8.97. The van der Waals surface area contributed by atoms with Crippen molar-refractivity contribution < 1.29 is 4.52 Å². The molecule has 5 heteroatoms. The van der Waals surface area contributed by atoms with Crippen LogP contribution in [0.1, 0.15) is 56.9 Å². The first-order valence-electron chi connectivity index (χ1n) is 7.38. The predicted molar refractivity (Wildman–Crippen MR) is 86.5 cm³/mol. The number of benzene rings is 1. The molecule has 0 amide bonds. The molecule has 0 spiro atoms. The van der Waals surface area contributed by atoms with Crippen LogP contribution < -0.4 is 5.32 Å². The van der Waals surface area contributed by atoms with Gasteiger partial charge in [-0.3, -0.25) is 0 Å². The second kappa shape index (κ2) is 7.61. The van der Waals surface area contributed by atoms with E-state index in [1.807, 2.05) is 0 Å². The fourth-order valence-corrected chi connectivity index (χ4v) is 2.81. The molecule has 2 aromatic rings. The third-order valence-corrected chi connectivity index (χ3v) is 4.20. The normalized spacial score (nSPS) is 12.8. The van der Waals surface area contributed by atoms with Gasteiger partial charge in [0.05, 0.1) is 5.75 Å². The Bertz CT molecular complexity index is 568. The van der Waals surface area contributed by atoms with Gasteiger partial charge in [0.15, 0.2) is 5.82 Å². The molecule has 21 heavy (non-hydrogen) atoms. The van der Waals surface area contributed by atoms with Crippen LogP contribution in [0.25, 0.3) is 0 Å². The van der Waals surface area contributed by atoms with Crippen molar-refractivity contribution in [2.24, 2.45) is 0 Å². The molecule has 1 atom stereocenters. The van der Waals surface area contributed by atoms with E-state index in [0.717, 1.165) is 18.1 Å². The largest absolute Gasteiger partial charge is 0.339 e. The minimum atomic E-state index is 0.278. The molecule has 0 saturated carbocycles. The van der Waals surface area contributed by atoms with Crippen molar-refractivity contribution in [1.29, 1.82) is 0 Å². The van der Waals surface area contributed by atoms with Crippen LogP contribution in [0.4, 0.5) is 0 Å². The maximum atomic E-state index is 5.22. The number of nitrogens with zero attached hydrogens (tertiary/aromatic N) is 2. The summed E-state index contributed by atoms with van der Waals surface area (Å²) in [6.45, 7) is 9.38. The summed E-state index contributed by atoms with van der Waals surface area (Å²) in [6.07, 6.45) is 0. The highest BCUT2D eigenvalue weighted by Gasteiger charge is 2.10. The number of hydrogen-bond donors (Lipinski definition) is 1. The summed E-state index contributed by atoms with van der Waals surface area (Å²) >= 11 is 1.74. The highest BCUT2D eigenvalue weighted by molar-refractivity contribution is 7.98. The molecule has 0 radical (unpaired) electrons. The van der Waals surface area contributed by atoms with E-state index >= 15 is 0 Å². The Hall–Kier alpha value is -1.33. The van der Waals surface area contributed by atoms with E-state index in [9.17, 15) is 0 Å². The van der Waals surface area contributed by atoms with E-state index in [-0.39, 0.29) is 5.92 Å². The molecular weight excluding hydrogens is 282 g/mol.